The lowest BCUT2D eigenvalue weighted by atomic mass is 10.2. The molecule has 130 valence electrons. The third-order valence-corrected chi connectivity index (χ3v) is 4.48. The van der Waals surface area contributed by atoms with E-state index in [2.05, 4.69) is 36.0 Å². The fourth-order valence-electron chi connectivity index (χ4n) is 2.80. The number of carbonyl (C=O) groups is 1. The van der Waals surface area contributed by atoms with Crippen LogP contribution in [0.15, 0.2) is 39.3 Å². The average Bonchev–Trinajstić information content (AvgIpc) is 3.12. The van der Waals surface area contributed by atoms with Crippen LogP contribution in [0.4, 0.5) is 0 Å². The van der Waals surface area contributed by atoms with Crippen molar-refractivity contribution < 1.29 is 9.32 Å². The van der Waals surface area contributed by atoms with Crippen LogP contribution in [0.3, 0.4) is 0 Å². The van der Waals surface area contributed by atoms with Crippen molar-refractivity contribution in [2.45, 2.75) is 27.2 Å². The van der Waals surface area contributed by atoms with Gasteiger partial charge >= 0.3 is 0 Å². The van der Waals surface area contributed by atoms with Crippen LogP contribution in [0, 0.1) is 20.8 Å². The van der Waals surface area contributed by atoms with Crippen molar-refractivity contribution in [3.05, 3.63) is 63.5 Å². The molecule has 0 radical (unpaired) electrons. The molecule has 0 aliphatic carbocycles. The molecule has 1 N–H and O–H groups in total. The van der Waals surface area contributed by atoms with E-state index in [1.165, 1.54) is 0 Å². The number of halogens is 1. The number of carbonyl (C=O) groups excluding carboxylic acids is 1. The predicted molar refractivity (Wildman–Crippen MR) is 98.0 cm³/mol. The first-order valence-electron chi connectivity index (χ1n) is 7.98. The van der Waals surface area contributed by atoms with E-state index >= 15 is 0 Å². The van der Waals surface area contributed by atoms with Crippen LogP contribution < -0.4 is 5.32 Å². The Kier molecular flexibility index (Phi) is 5.03. The molecule has 0 aliphatic heterocycles. The van der Waals surface area contributed by atoms with Crippen molar-refractivity contribution in [3.63, 3.8) is 0 Å². The highest BCUT2D eigenvalue weighted by Crippen LogP contribution is 2.22. The molecule has 1 aromatic carbocycles. The number of nitrogens with zero attached hydrogens (tertiary/aromatic N) is 3. The van der Waals surface area contributed by atoms with E-state index in [1.54, 1.807) is 6.92 Å². The zero-order valence-electron chi connectivity index (χ0n) is 14.3. The van der Waals surface area contributed by atoms with Gasteiger partial charge in [0, 0.05) is 34.5 Å². The van der Waals surface area contributed by atoms with Crippen molar-refractivity contribution in [1.29, 1.82) is 0 Å². The monoisotopic (exact) mass is 402 g/mol. The summed E-state index contributed by atoms with van der Waals surface area (Å²) in [5.41, 5.74) is 3.61. The standard InChI is InChI=1S/C18H19BrN4O2/c1-11-10-16(12(2)23(11)15-6-4-14(19)5-7-15)18(24)20-9-8-17-21-13(3)22-25-17/h4-7,10H,8-9H2,1-3H3,(H,20,24). The third kappa shape index (κ3) is 3.82. The van der Waals surface area contributed by atoms with E-state index in [-0.39, 0.29) is 5.91 Å². The van der Waals surface area contributed by atoms with Gasteiger partial charge in [0.2, 0.25) is 5.89 Å². The van der Waals surface area contributed by atoms with E-state index in [0.29, 0.717) is 30.2 Å². The largest absolute Gasteiger partial charge is 0.351 e. The molecule has 0 atom stereocenters. The number of nitrogens with one attached hydrogen (secondary N) is 1. The Bertz CT molecular complexity index is 896. The molecule has 2 heterocycles. The van der Waals surface area contributed by atoms with Crippen LogP contribution in [0.5, 0.6) is 0 Å². The lowest BCUT2D eigenvalue weighted by Crippen LogP contribution is -2.26. The molecular formula is C18H19BrN4O2. The Hall–Kier alpha value is -2.41. The smallest absolute Gasteiger partial charge is 0.253 e. The van der Waals surface area contributed by atoms with Gasteiger partial charge in [0.25, 0.3) is 5.91 Å². The van der Waals surface area contributed by atoms with Gasteiger partial charge in [-0.1, -0.05) is 21.1 Å². The molecule has 1 amide bonds. The molecule has 2 aromatic heterocycles. The average molecular weight is 403 g/mol. The maximum absolute atomic E-state index is 12.5. The molecular weight excluding hydrogens is 384 g/mol. The van der Waals surface area contributed by atoms with Crippen LogP contribution in [-0.4, -0.2) is 27.2 Å². The van der Waals surface area contributed by atoms with Gasteiger partial charge in [-0.2, -0.15) is 4.98 Å². The van der Waals surface area contributed by atoms with E-state index in [0.717, 1.165) is 21.5 Å². The van der Waals surface area contributed by atoms with Crippen molar-refractivity contribution in [3.8, 4) is 5.69 Å². The van der Waals surface area contributed by atoms with Crippen LogP contribution in [-0.2, 0) is 6.42 Å². The first-order valence-corrected chi connectivity index (χ1v) is 8.77. The summed E-state index contributed by atoms with van der Waals surface area (Å²) in [6.07, 6.45) is 0.512. The second-order valence-corrected chi connectivity index (χ2v) is 6.75. The molecule has 0 saturated carbocycles. The van der Waals surface area contributed by atoms with Gasteiger partial charge in [-0.3, -0.25) is 4.79 Å². The number of hydrogen-bond donors (Lipinski definition) is 1. The van der Waals surface area contributed by atoms with Crippen LogP contribution in [0.2, 0.25) is 0 Å². The zero-order valence-corrected chi connectivity index (χ0v) is 15.9. The number of benzene rings is 1. The van der Waals surface area contributed by atoms with Gasteiger partial charge in [-0.05, 0) is 51.1 Å². The summed E-state index contributed by atoms with van der Waals surface area (Å²) in [6, 6.07) is 9.91. The number of hydrogen-bond acceptors (Lipinski definition) is 4. The highest BCUT2D eigenvalue weighted by Gasteiger charge is 2.16. The molecule has 25 heavy (non-hydrogen) atoms. The van der Waals surface area contributed by atoms with E-state index in [1.807, 2.05) is 44.2 Å². The van der Waals surface area contributed by atoms with E-state index in [4.69, 9.17) is 4.52 Å². The second kappa shape index (κ2) is 7.23. The van der Waals surface area contributed by atoms with Gasteiger partial charge in [-0.25, -0.2) is 0 Å². The number of amides is 1. The minimum Gasteiger partial charge on any atom is -0.351 e. The number of aryl methyl sites for hydroxylation is 2. The Labute approximate surface area is 154 Å². The lowest BCUT2D eigenvalue weighted by molar-refractivity contribution is 0.0953. The van der Waals surface area contributed by atoms with Crippen molar-refractivity contribution in [1.82, 2.24) is 20.0 Å². The Morgan fingerprint density at radius 2 is 1.96 bits per heavy atom. The molecule has 6 nitrogen and oxygen atoms in total. The second-order valence-electron chi connectivity index (χ2n) is 5.84. The lowest BCUT2D eigenvalue weighted by Gasteiger charge is -2.10. The van der Waals surface area contributed by atoms with Crippen molar-refractivity contribution in [2.24, 2.45) is 0 Å². The quantitative estimate of drug-likeness (QED) is 0.708. The fourth-order valence-corrected chi connectivity index (χ4v) is 3.06. The zero-order chi connectivity index (χ0) is 18.0. The molecule has 0 spiro atoms. The van der Waals surface area contributed by atoms with Crippen LogP contribution >= 0.6 is 15.9 Å². The molecule has 3 aromatic rings. The predicted octanol–water partition coefficient (Wildman–Crippen LogP) is 3.52. The van der Waals surface area contributed by atoms with Gasteiger partial charge in [0.15, 0.2) is 5.82 Å². The summed E-state index contributed by atoms with van der Waals surface area (Å²) < 4.78 is 8.14. The highest BCUT2D eigenvalue weighted by atomic mass is 79.9. The molecule has 7 heteroatoms. The first kappa shape index (κ1) is 17.4. The van der Waals surface area contributed by atoms with Crippen LogP contribution in [0.25, 0.3) is 5.69 Å². The molecule has 0 unspecified atom stereocenters. The molecule has 0 aliphatic rings. The Morgan fingerprint density at radius 3 is 2.60 bits per heavy atom. The number of aromatic nitrogens is 3. The summed E-state index contributed by atoms with van der Waals surface area (Å²) in [6.45, 7) is 6.16. The third-order valence-electron chi connectivity index (χ3n) is 3.95. The summed E-state index contributed by atoms with van der Waals surface area (Å²) in [5, 5.41) is 6.65. The molecule has 0 saturated heterocycles. The summed E-state index contributed by atoms with van der Waals surface area (Å²) in [5.74, 6) is 1.02. The summed E-state index contributed by atoms with van der Waals surface area (Å²) >= 11 is 3.44. The maximum Gasteiger partial charge on any atom is 0.253 e. The molecule has 0 bridgehead atoms. The van der Waals surface area contributed by atoms with E-state index < -0.39 is 0 Å². The highest BCUT2D eigenvalue weighted by molar-refractivity contribution is 9.10. The van der Waals surface area contributed by atoms with Gasteiger partial charge < -0.3 is 14.4 Å². The minimum atomic E-state index is -0.104. The SMILES string of the molecule is Cc1noc(CCNC(=O)c2cc(C)n(-c3ccc(Br)cc3)c2C)n1. The minimum absolute atomic E-state index is 0.104. The Balaban J connectivity index is 1.72. The van der Waals surface area contributed by atoms with Crippen LogP contribution in [0.1, 0.15) is 33.5 Å². The van der Waals surface area contributed by atoms with Gasteiger partial charge in [0.05, 0.1) is 5.56 Å². The maximum atomic E-state index is 12.5. The normalized spacial score (nSPS) is 10.9. The topological polar surface area (TPSA) is 73.0 Å². The van der Waals surface area contributed by atoms with Gasteiger partial charge in [0.1, 0.15) is 0 Å². The van der Waals surface area contributed by atoms with Crippen molar-refractivity contribution >= 4 is 21.8 Å². The first-order chi connectivity index (χ1) is 12.0. The molecule has 0 fully saturated rings. The summed E-state index contributed by atoms with van der Waals surface area (Å²) in [7, 11) is 0. The van der Waals surface area contributed by atoms with Gasteiger partial charge in [-0.15, -0.1) is 0 Å². The summed E-state index contributed by atoms with van der Waals surface area (Å²) in [4.78, 5) is 16.6. The molecule has 3 rings (SSSR count). The fraction of sp³-hybridized carbons (Fsp3) is 0.278. The number of rotatable bonds is 5. The van der Waals surface area contributed by atoms with Crippen molar-refractivity contribution in [2.75, 3.05) is 6.54 Å². The Morgan fingerprint density at radius 1 is 1.24 bits per heavy atom. The van der Waals surface area contributed by atoms with E-state index in [9.17, 15) is 4.79 Å².